The molecule has 16 heavy (non-hydrogen) atoms. The maximum absolute atomic E-state index is 12.1. The highest BCUT2D eigenvalue weighted by Crippen LogP contribution is 2.20. The number of hydrogen-bond acceptors (Lipinski definition) is 4. The first-order chi connectivity index (χ1) is 7.83. The fourth-order valence-corrected chi connectivity index (χ4v) is 1.40. The number of ketones is 1. The minimum atomic E-state index is -0.141. The van der Waals surface area contributed by atoms with Crippen molar-refractivity contribution in [2.75, 3.05) is 7.11 Å². The van der Waals surface area contributed by atoms with Crippen molar-refractivity contribution in [1.82, 2.24) is 9.97 Å². The molecule has 0 atom stereocenters. The summed E-state index contributed by atoms with van der Waals surface area (Å²) in [5.41, 5.74) is 0.965. The van der Waals surface area contributed by atoms with Crippen LogP contribution in [0.1, 0.15) is 15.9 Å². The highest BCUT2D eigenvalue weighted by molar-refractivity contribution is 6.10. The first kappa shape index (κ1) is 10.3. The van der Waals surface area contributed by atoms with Crippen LogP contribution in [-0.4, -0.2) is 22.9 Å². The van der Waals surface area contributed by atoms with E-state index in [2.05, 4.69) is 9.97 Å². The molecule has 0 saturated carbocycles. The van der Waals surface area contributed by atoms with Crippen molar-refractivity contribution in [3.8, 4) is 5.75 Å². The molecule has 0 aliphatic heterocycles. The molecule has 0 fully saturated rings. The van der Waals surface area contributed by atoms with Crippen LogP contribution in [0.15, 0.2) is 43.0 Å². The van der Waals surface area contributed by atoms with E-state index in [0.29, 0.717) is 16.9 Å². The summed E-state index contributed by atoms with van der Waals surface area (Å²) in [6.45, 7) is 0. The monoisotopic (exact) mass is 214 g/mol. The third-order valence-corrected chi connectivity index (χ3v) is 2.17. The van der Waals surface area contributed by atoms with Gasteiger partial charge in [0, 0.05) is 12.4 Å². The molecular formula is C12H10N2O2. The van der Waals surface area contributed by atoms with Crippen LogP contribution in [0.3, 0.4) is 0 Å². The van der Waals surface area contributed by atoms with E-state index in [0.717, 1.165) is 0 Å². The molecule has 0 N–H and O–H groups in total. The Kier molecular flexibility index (Phi) is 2.91. The van der Waals surface area contributed by atoms with Gasteiger partial charge in [-0.3, -0.25) is 4.79 Å². The Bertz CT molecular complexity index is 497. The third-order valence-electron chi connectivity index (χ3n) is 2.17. The first-order valence-electron chi connectivity index (χ1n) is 4.75. The summed E-state index contributed by atoms with van der Waals surface area (Å²) >= 11 is 0. The van der Waals surface area contributed by atoms with E-state index in [1.165, 1.54) is 25.8 Å². The maximum Gasteiger partial charge on any atom is 0.199 e. The van der Waals surface area contributed by atoms with Crippen LogP contribution in [0.5, 0.6) is 5.75 Å². The number of nitrogens with zero attached hydrogens (tertiary/aromatic N) is 2. The molecule has 1 heterocycles. The zero-order chi connectivity index (χ0) is 11.4. The summed E-state index contributed by atoms with van der Waals surface area (Å²) < 4.78 is 5.13. The number of benzene rings is 1. The zero-order valence-corrected chi connectivity index (χ0v) is 8.75. The molecule has 0 amide bonds. The quantitative estimate of drug-likeness (QED) is 0.730. The molecule has 80 valence electrons. The molecule has 1 aromatic heterocycles. The topological polar surface area (TPSA) is 52.1 Å². The van der Waals surface area contributed by atoms with Crippen LogP contribution < -0.4 is 4.74 Å². The van der Waals surface area contributed by atoms with Gasteiger partial charge in [-0.25, -0.2) is 9.97 Å². The summed E-state index contributed by atoms with van der Waals surface area (Å²) in [6.07, 6.45) is 4.36. The molecule has 2 aromatic rings. The molecule has 0 saturated heterocycles. The van der Waals surface area contributed by atoms with E-state index in [-0.39, 0.29) is 5.78 Å². The predicted molar refractivity (Wildman–Crippen MR) is 58.5 cm³/mol. The van der Waals surface area contributed by atoms with Crippen molar-refractivity contribution in [2.45, 2.75) is 0 Å². The second kappa shape index (κ2) is 4.53. The van der Waals surface area contributed by atoms with E-state index in [4.69, 9.17) is 4.74 Å². The number of hydrogen-bond donors (Lipinski definition) is 0. The Hall–Kier alpha value is -2.23. The summed E-state index contributed by atoms with van der Waals surface area (Å²) in [6, 6.07) is 7.07. The van der Waals surface area contributed by atoms with Crippen molar-refractivity contribution in [3.63, 3.8) is 0 Å². The van der Waals surface area contributed by atoms with Crippen LogP contribution in [0, 0.1) is 0 Å². The van der Waals surface area contributed by atoms with Crippen molar-refractivity contribution >= 4 is 5.78 Å². The van der Waals surface area contributed by atoms with Crippen molar-refractivity contribution < 1.29 is 9.53 Å². The molecular weight excluding hydrogens is 204 g/mol. The average Bonchev–Trinajstić information content (AvgIpc) is 2.39. The lowest BCUT2D eigenvalue weighted by atomic mass is 10.1. The lowest BCUT2D eigenvalue weighted by molar-refractivity contribution is 0.103. The number of methoxy groups -OCH3 is 1. The predicted octanol–water partition coefficient (Wildman–Crippen LogP) is 1.72. The largest absolute Gasteiger partial charge is 0.496 e. The van der Waals surface area contributed by atoms with Gasteiger partial charge >= 0.3 is 0 Å². The Labute approximate surface area is 92.9 Å². The molecule has 0 spiro atoms. The van der Waals surface area contributed by atoms with E-state index < -0.39 is 0 Å². The molecule has 0 aliphatic rings. The number of rotatable bonds is 3. The fraction of sp³-hybridized carbons (Fsp3) is 0.0833. The van der Waals surface area contributed by atoms with Crippen LogP contribution in [-0.2, 0) is 0 Å². The highest BCUT2D eigenvalue weighted by atomic mass is 16.5. The van der Waals surface area contributed by atoms with Gasteiger partial charge in [-0.15, -0.1) is 0 Å². The molecule has 0 bridgehead atoms. The zero-order valence-electron chi connectivity index (χ0n) is 8.75. The Morgan fingerprint density at radius 3 is 2.56 bits per heavy atom. The Morgan fingerprint density at radius 1 is 1.19 bits per heavy atom. The Morgan fingerprint density at radius 2 is 1.88 bits per heavy atom. The van der Waals surface area contributed by atoms with Crippen LogP contribution in [0.25, 0.3) is 0 Å². The van der Waals surface area contributed by atoms with E-state index in [9.17, 15) is 4.79 Å². The van der Waals surface area contributed by atoms with Crippen LogP contribution >= 0.6 is 0 Å². The SMILES string of the molecule is COc1ccccc1C(=O)c1cncnc1. The van der Waals surface area contributed by atoms with Crippen LogP contribution in [0.4, 0.5) is 0 Å². The molecule has 0 radical (unpaired) electrons. The summed E-state index contributed by atoms with van der Waals surface area (Å²) in [5.74, 6) is 0.411. The Balaban J connectivity index is 2.42. The first-order valence-corrected chi connectivity index (χ1v) is 4.75. The highest BCUT2D eigenvalue weighted by Gasteiger charge is 2.13. The van der Waals surface area contributed by atoms with Crippen molar-refractivity contribution in [1.29, 1.82) is 0 Å². The number of carbonyl (C=O) groups excluding carboxylic acids is 1. The number of aromatic nitrogens is 2. The normalized spacial score (nSPS) is 9.81. The van der Waals surface area contributed by atoms with E-state index >= 15 is 0 Å². The van der Waals surface area contributed by atoms with E-state index in [1.807, 2.05) is 6.07 Å². The molecule has 0 unspecified atom stereocenters. The maximum atomic E-state index is 12.1. The minimum absolute atomic E-state index is 0.141. The van der Waals surface area contributed by atoms with Gasteiger partial charge in [0.15, 0.2) is 5.78 Å². The second-order valence-electron chi connectivity index (χ2n) is 3.16. The fourth-order valence-electron chi connectivity index (χ4n) is 1.40. The van der Waals surface area contributed by atoms with Gasteiger partial charge in [0.1, 0.15) is 12.1 Å². The smallest absolute Gasteiger partial charge is 0.199 e. The van der Waals surface area contributed by atoms with Crippen molar-refractivity contribution in [2.24, 2.45) is 0 Å². The van der Waals surface area contributed by atoms with Gasteiger partial charge in [0.25, 0.3) is 0 Å². The third kappa shape index (κ3) is 1.91. The average molecular weight is 214 g/mol. The van der Waals surface area contributed by atoms with Gasteiger partial charge in [-0.2, -0.15) is 0 Å². The van der Waals surface area contributed by atoms with Gasteiger partial charge < -0.3 is 4.74 Å². The van der Waals surface area contributed by atoms with Gasteiger partial charge in [0.2, 0.25) is 0 Å². The summed E-state index contributed by atoms with van der Waals surface area (Å²) in [7, 11) is 1.54. The lowest BCUT2D eigenvalue weighted by Gasteiger charge is -2.06. The van der Waals surface area contributed by atoms with Crippen molar-refractivity contribution in [3.05, 3.63) is 54.1 Å². The minimum Gasteiger partial charge on any atom is -0.496 e. The standard InChI is InChI=1S/C12H10N2O2/c1-16-11-5-3-2-4-10(11)12(15)9-6-13-8-14-7-9/h2-8H,1H3. The van der Waals surface area contributed by atoms with E-state index in [1.54, 1.807) is 18.2 Å². The van der Waals surface area contributed by atoms with Gasteiger partial charge in [0.05, 0.1) is 18.2 Å². The number of ether oxygens (including phenoxy) is 1. The molecule has 2 rings (SSSR count). The van der Waals surface area contributed by atoms with Crippen LogP contribution in [0.2, 0.25) is 0 Å². The van der Waals surface area contributed by atoms with Gasteiger partial charge in [-0.1, -0.05) is 12.1 Å². The molecule has 4 nitrogen and oxygen atoms in total. The summed E-state index contributed by atoms with van der Waals surface area (Å²) in [5, 5.41) is 0. The molecule has 1 aromatic carbocycles. The number of carbonyl (C=O) groups is 1. The number of para-hydroxylation sites is 1. The second-order valence-corrected chi connectivity index (χ2v) is 3.16. The summed E-state index contributed by atoms with van der Waals surface area (Å²) in [4.78, 5) is 19.7. The molecule has 4 heteroatoms. The molecule has 0 aliphatic carbocycles. The van der Waals surface area contributed by atoms with Gasteiger partial charge in [-0.05, 0) is 12.1 Å². The lowest BCUT2D eigenvalue weighted by Crippen LogP contribution is -2.04.